The molecule has 2 atom stereocenters. The van der Waals surface area contributed by atoms with E-state index in [4.69, 9.17) is 14.5 Å². The number of ether oxygens (including phenoxy) is 2. The van der Waals surface area contributed by atoms with Crippen LogP contribution >= 0.6 is 35.7 Å². The van der Waals surface area contributed by atoms with Gasteiger partial charge in [0.05, 0.1) is 20.8 Å². The van der Waals surface area contributed by atoms with E-state index in [1.807, 2.05) is 17.8 Å². The molecule has 160 valence electrons. The van der Waals surface area contributed by atoms with Gasteiger partial charge in [-0.05, 0) is 37.3 Å². The van der Waals surface area contributed by atoms with Crippen molar-refractivity contribution < 1.29 is 9.47 Å². The van der Waals surface area contributed by atoms with Crippen LogP contribution < -0.4 is 20.1 Å². The van der Waals surface area contributed by atoms with Crippen molar-refractivity contribution in [2.75, 3.05) is 46.7 Å². The minimum absolute atomic E-state index is 0. The van der Waals surface area contributed by atoms with E-state index >= 15 is 0 Å². The lowest BCUT2D eigenvalue weighted by Crippen LogP contribution is -2.44. The molecular formula is C20H35IN4O2S. The van der Waals surface area contributed by atoms with Crippen molar-refractivity contribution in [3.8, 4) is 11.5 Å². The number of likely N-dealkylation sites (tertiary alicyclic amines) is 1. The standard InChI is InChI=1S/C20H34N4O2S.HI/c1-6-21-20(22-12-15(2)27-5)23-17-7-8-24(14-17)13-16-9-18(25-3)11-19(10-16)26-4;/h9-11,15,17H,6-8,12-14H2,1-5H3,(H2,21,22,23);1H. The zero-order valence-corrected chi connectivity index (χ0v) is 20.8. The lowest BCUT2D eigenvalue weighted by atomic mass is 10.2. The second-order valence-corrected chi connectivity index (χ2v) is 8.13. The normalized spacial score (nSPS) is 18.3. The van der Waals surface area contributed by atoms with Gasteiger partial charge < -0.3 is 20.1 Å². The van der Waals surface area contributed by atoms with E-state index in [1.165, 1.54) is 5.56 Å². The Balaban J connectivity index is 0.00000392. The SMILES string of the molecule is CCNC(=NCC(C)SC)NC1CCN(Cc2cc(OC)cc(OC)c2)C1.I. The van der Waals surface area contributed by atoms with Gasteiger partial charge >= 0.3 is 0 Å². The minimum atomic E-state index is 0. The first-order valence-corrected chi connectivity index (χ1v) is 10.9. The summed E-state index contributed by atoms with van der Waals surface area (Å²) in [5.41, 5.74) is 1.21. The van der Waals surface area contributed by atoms with Crippen LogP contribution in [0.5, 0.6) is 11.5 Å². The predicted octanol–water partition coefficient (Wildman–Crippen LogP) is 3.20. The van der Waals surface area contributed by atoms with E-state index in [9.17, 15) is 0 Å². The molecule has 28 heavy (non-hydrogen) atoms. The topological polar surface area (TPSA) is 58.1 Å². The van der Waals surface area contributed by atoms with E-state index in [0.29, 0.717) is 11.3 Å². The summed E-state index contributed by atoms with van der Waals surface area (Å²) in [5.74, 6) is 2.60. The molecule has 2 rings (SSSR count). The fourth-order valence-corrected chi connectivity index (χ4v) is 3.34. The largest absolute Gasteiger partial charge is 0.497 e. The molecule has 0 spiro atoms. The number of hydrogen-bond acceptors (Lipinski definition) is 5. The third-order valence-corrected chi connectivity index (χ3v) is 5.64. The fourth-order valence-electron chi connectivity index (χ4n) is 3.12. The Morgan fingerprint density at radius 3 is 2.54 bits per heavy atom. The molecule has 1 heterocycles. The molecule has 2 unspecified atom stereocenters. The number of methoxy groups -OCH3 is 2. The van der Waals surface area contributed by atoms with Gasteiger partial charge in [0.15, 0.2) is 5.96 Å². The Kier molecular flexibility index (Phi) is 12.0. The van der Waals surface area contributed by atoms with Gasteiger partial charge in [-0.25, -0.2) is 0 Å². The highest BCUT2D eigenvalue weighted by molar-refractivity contribution is 14.0. The van der Waals surface area contributed by atoms with Gasteiger partial charge in [-0.2, -0.15) is 11.8 Å². The van der Waals surface area contributed by atoms with Crippen LogP contribution in [-0.2, 0) is 6.54 Å². The number of thioether (sulfide) groups is 1. The second kappa shape index (κ2) is 13.4. The molecule has 6 nitrogen and oxygen atoms in total. The summed E-state index contributed by atoms with van der Waals surface area (Å²) in [6, 6.07) is 6.49. The van der Waals surface area contributed by atoms with Crippen LogP contribution in [0.2, 0.25) is 0 Å². The Labute approximate surface area is 191 Å². The summed E-state index contributed by atoms with van der Waals surface area (Å²) in [7, 11) is 3.38. The van der Waals surface area contributed by atoms with Crippen LogP contribution in [0.4, 0.5) is 0 Å². The van der Waals surface area contributed by atoms with E-state index in [0.717, 1.165) is 56.6 Å². The zero-order valence-electron chi connectivity index (χ0n) is 17.7. The van der Waals surface area contributed by atoms with Crippen LogP contribution in [0.15, 0.2) is 23.2 Å². The number of halogens is 1. The molecule has 8 heteroatoms. The molecule has 0 saturated carbocycles. The van der Waals surface area contributed by atoms with Crippen molar-refractivity contribution in [1.82, 2.24) is 15.5 Å². The average Bonchev–Trinajstić information content (AvgIpc) is 3.12. The maximum atomic E-state index is 5.38. The maximum absolute atomic E-state index is 5.38. The second-order valence-electron chi connectivity index (χ2n) is 6.85. The molecule has 0 aromatic heterocycles. The average molecular weight is 522 g/mol. The van der Waals surface area contributed by atoms with Crippen molar-refractivity contribution in [3.05, 3.63) is 23.8 Å². The number of benzene rings is 1. The highest BCUT2D eigenvalue weighted by Gasteiger charge is 2.23. The fraction of sp³-hybridized carbons (Fsp3) is 0.650. The monoisotopic (exact) mass is 522 g/mol. The molecular weight excluding hydrogens is 487 g/mol. The first-order valence-electron chi connectivity index (χ1n) is 9.59. The molecule has 2 N–H and O–H groups in total. The van der Waals surface area contributed by atoms with Gasteiger partial charge in [-0.15, -0.1) is 24.0 Å². The Morgan fingerprint density at radius 2 is 1.96 bits per heavy atom. The van der Waals surface area contributed by atoms with E-state index in [-0.39, 0.29) is 24.0 Å². The van der Waals surface area contributed by atoms with E-state index < -0.39 is 0 Å². The van der Waals surface area contributed by atoms with Gasteiger partial charge in [-0.1, -0.05) is 6.92 Å². The molecule has 1 aliphatic rings. The van der Waals surface area contributed by atoms with Gasteiger partial charge in [0.25, 0.3) is 0 Å². The van der Waals surface area contributed by atoms with Gasteiger partial charge in [0, 0.05) is 43.5 Å². The third-order valence-electron chi connectivity index (χ3n) is 4.68. The molecule has 0 radical (unpaired) electrons. The summed E-state index contributed by atoms with van der Waals surface area (Å²) in [6.45, 7) is 8.97. The highest BCUT2D eigenvalue weighted by Crippen LogP contribution is 2.24. The lowest BCUT2D eigenvalue weighted by Gasteiger charge is -2.19. The number of hydrogen-bond donors (Lipinski definition) is 2. The summed E-state index contributed by atoms with van der Waals surface area (Å²) in [4.78, 5) is 7.18. The van der Waals surface area contributed by atoms with Crippen LogP contribution in [-0.4, -0.2) is 68.8 Å². The molecule has 0 aliphatic carbocycles. The van der Waals surface area contributed by atoms with Gasteiger partial charge in [0.2, 0.25) is 0 Å². The Bertz CT molecular complexity index is 596. The van der Waals surface area contributed by atoms with Crippen LogP contribution in [0.25, 0.3) is 0 Å². The molecule has 1 aliphatic heterocycles. The number of nitrogens with zero attached hydrogens (tertiary/aromatic N) is 2. The third kappa shape index (κ3) is 8.24. The van der Waals surface area contributed by atoms with Crippen molar-refractivity contribution in [2.45, 2.75) is 38.1 Å². The number of nitrogens with one attached hydrogen (secondary N) is 2. The highest BCUT2D eigenvalue weighted by atomic mass is 127. The molecule has 1 aromatic rings. The van der Waals surface area contributed by atoms with Gasteiger partial charge in [-0.3, -0.25) is 9.89 Å². The van der Waals surface area contributed by atoms with E-state index in [1.54, 1.807) is 14.2 Å². The first-order chi connectivity index (χ1) is 13.1. The van der Waals surface area contributed by atoms with Crippen molar-refractivity contribution in [1.29, 1.82) is 0 Å². The van der Waals surface area contributed by atoms with E-state index in [2.05, 4.69) is 47.8 Å². The van der Waals surface area contributed by atoms with Crippen LogP contribution in [0.1, 0.15) is 25.8 Å². The number of rotatable bonds is 9. The maximum Gasteiger partial charge on any atom is 0.191 e. The number of aliphatic imine (C=N–C) groups is 1. The molecule has 1 aromatic carbocycles. The number of guanidine groups is 1. The smallest absolute Gasteiger partial charge is 0.191 e. The Hall–Kier alpha value is -0.870. The van der Waals surface area contributed by atoms with Gasteiger partial charge in [0.1, 0.15) is 11.5 Å². The summed E-state index contributed by atoms with van der Waals surface area (Å²) >= 11 is 1.84. The Morgan fingerprint density at radius 1 is 1.29 bits per heavy atom. The zero-order chi connectivity index (χ0) is 19.6. The van der Waals surface area contributed by atoms with Crippen molar-refractivity contribution in [3.63, 3.8) is 0 Å². The summed E-state index contributed by atoms with van der Waals surface area (Å²) in [5, 5.41) is 7.49. The van der Waals surface area contributed by atoms with Crippen molar-refractivity contribution >= 4 is 41.7 Å². The predicted molar refractivity (Wildman–Crippen MR) is 131 cm³/mol. The quantitative estimate of drug-likeness (QED) is 0.295. The minimum Gasteiger partial charge on any atom is -0.497 e. The molecule has 1 saturated heterocycles. The van der Waals surface area contributed by atoms with Crippen LogP contribution in [0.3, 0.4) is 0 Å². The summed E-state index contributed by atoms with van der Waals surface area (Å²) in [6.07, 6.45) is 3.24. The van der Waals surface area contributed by atoms with Crippen molar-refractivity contribution in [2.24, 2.45) is 4.99 Å². The van der Waals surface area contributed by atoms with Crippen LogP contribution in [0, 0.1) is 0 Å². The molecule has 0 amide bonds. The lowest BCUT2D eigenvalue weighted by molar-refractivity contribution is 0.321. The first kappa shape index (κ1) is 25.2. The molecule has 1 fully saturated rings. The molecule has 0 bridgehead atoms. The summed E-state index contributed by atoms with van der Waals surface area (Å²) < 4.78 is 10.8.